The molecule has 0 fully saturated rings. The van der Waals surface area contributed by atoms with Gasteiger partial charge >= 0.3 is 0 Å². The summed E-state index contributed by atoms with van der Waals surface area (Å²) in [6.07, 6.45) is 2.47. The molecule has 0 aromatic heterocycles. The Morgan fingerprint density at radius 3 is 2.56 bits per heavy atom. The Balaban J connectivity index is 1.99. The van der Waals surface area contributed by atoms with Crippen LogP contribution in [-0.2, 0) is 0 Å². The van der Waals surface area contributed by atoms with Crippen molar-refractivity contribution in [3.05, 3.63) is 69.5 Å². The molecule has 2 aromatic carbocycles. The fourth-order valence-corrected chi connectivity index (χ4v) is 3.97. The molecule has 0 spiro atoms. The molecule has 25 heavy (non-hydrogen) atoms. The van der Waals surface area contributed by atoms with E-state index in [4.69, 9.17) is 0 Å². The summed E-state index contributed by atoms with van der Waals surface area (Å²) in [5, 5.41) is 17.5. The Morgan fingerprint density at radius 1 is 1.12 bits per heavy atom. The van der Waals surface area contributed by atoms with Gasteiger partial charge in [-0.05, 0) is 42.0 Å². The summed E-state index contributed by atoms with van der Waals surface area (Å²) >= 11 is 0. The van der Waals surface area contributed by atoms with E-state index in [2.05, 4.69) is 56.4 Å². The summed E-state index contributed by atoms with van der Waals surface area (Å²) in [7, 11) is 0. The number of rotatable bonds is 5. The maximum absolute atomic E-state index is 11.6. The molecule has 1 aliphatic rings. The van der Waals surface area contributed by atoms with Crippen LogP contribution in [0, 0.1) is 22.0 Å². The molecule has 2 atom stereocenters. The van der Waals surface area contributed by atoms with E-state index in [9.17, 15) is 10.1 Å². The van der Waals surface area contributed by atoms with Gasteiger partial charge in [0.05, 0.1) is 10.6 Å². The first-order valence-electron chi connectivity index (χ1n) is 9.10. The van der Waals surface area contributed by atoms with Gasteiger partial charge in [-0.3, -0.25) is 10.1 Å². The number of nitrogens with zero attached hydrogens (tertiary/aromatic N) is 1. The second-order valence-corrected chi connectivity index (χ2v) is 7.29. The molecule has 1 N–H and O–H groups in total. The van der Waals surface area contributed by atoms with Crippen molar-refractivity contribution < 1.29 is 4.92 Å². The fourth-order valence-electron chi connectivity index (χ4n) is 3.97. The topological polar surface area (TPSA) is 55.2 Å². The SMILES string of the molecule is CC(C)[C@@H]1CCCC([N+](=O)[O-])=C1N[C@@H](C)c1cccc2ccccc12. The molecule has 3 rings (SSSR count). The maximum atomic E-state index is 11.6. The molecular weight excluding hydrogens is 312 g/mol. The van der Waals surface area contributed by atoms with Gasteiger partial charge in [-0.1, -0.05) is 56.3 Å². The molecule has 0 bridgehead atoms. The number of hydrogen-bond donors (Lipinski definition) is 1. The minimum atomic E-state index is -0.188. The maximum Gasteiger partial charge on any atom is 0.265 e. The van der Waals surface area contributed by atoms with Crippen molar-refractivity contribution in [2.75, 3.05) is 0 Å². The normalized spacial score (nSPS) is 19.3. The van der Waals surface area contributed by atoms with Gasteiger partial charge in [0.1, 0.15) is 0 Å². The molecule has 4 nitrogen and oxygen atoms in total. The quantitative estimate of drug-likeness (QED) is 0.584. The number of fused-ring (bicyclic) bond motifs is 1. The van der Waals surface area contributed by atoms with Crippen LogP contribution in [0.15, 0.2) is 53.9 Å². The average Bonchev–Trinajstić information content (AvgIpc) is 2.60. The summed E-state index contributed by atoms with van der Waals surface area (Å²) in [4.78, 5) is 11.4. The van der Waals surface area contributed by atoms with Gasteiger partial charge in [-0.25, -0.2) is 0 Å². The van der Waals surface area contributed by atoms with Crippen LogP contribution in [0.4, 0.5) is 0 Å². The Labute approximate surface area is 149 Å². The molecular formula is C21H26N2O2. The highest BCUT2D eigenvalue weighted by atomic mass is 16.6. The van der Waals surface area contributed by atoms with Crippen molar-refractivity contribution in [3.8, 4) is 0 Å². The number of nitrogens with one attached hydrogen (secondary N) is 1. The second-order valence-electron chi connectivity index (χ2n) is 7.29. The van der Waals surface area contributed by atoms with Gasteiger partial charge in [0.15, 0.2) is 0 Å². The van der Waals surface area contributed by atoms with E-state index >= 15 is 0 Å². The third kappa shape index (κ3) is 3.53. The number of hydrogen-bond acceptors (Lipinski definition) is 3. The molecule has 0 unspecified atom stereocenters. The summed E-state index contributed by atoms with van der Waals surface area (Å²) in [5.74, 6) is 0.615. The number of allylic oxidation sites excluding steroid dienone is 2. The van der Waals surface area contributed by atoms with Crippen molar-refractivity contribution in [1.29, 1.82) is 0 Å². The van der Waals surface area contributed by atoms with E-state index in [0.29, 0.717) is 18.0 Å². The van der Waals surface area contributed by atoms with Crippen molar-refractivity contribution in [3.63, 3.8) is 0 Å². The van der Waals surface area contributed by atoms with Crippen molar-refractivity contribution >= 4 is 10.8 Å². The zero-order chi connectivity index (χ0) is 18.0. The molecule has 0 amide bonds. The Bertz CT molecular complexity index is 805. The molecule has 0 heterocycles. The Kier molecular flexibility index (Phi) is 5.07. The molecule has 0 aliphatic heterocycles. The zero-order valence-corrected chi connectivity index (χ0v) is 15.2. The highest BCUT2D eigenvalue weighted by molar-refractivity contribution is 5.86. The lowest BCUT2D eigenvalue weighted by Crippen LogP contribution is -2.32. The first-order chi connectivity index (χ1) is 12.0. The number of benzene rings is 2. The summed E-state index contributed by atoms with van der Waals surface area (Å²) in [6.45, 7) is 6.40. The van der Waals surface area contributed by atoms with Crippen LogP contribution < -0.4 is 5.32 Å². The predicted octanol–water partition coefficient (Wildman–Crippen LogP) is 5.43. The van der Waals surface area contributed by atoms with Crippen LogP contribution in [-0.4, -0.2) is 4.92 Å². The van der Waals surface area contributed by atoms with E-state index in [1.165, 1.54) is 16.3 Å². The van der Waals surface area contributed by atoms with E-state index < -0.39 is 0 Å². The van der Waals surface area contributed by atoms with E-state index in [0.717, 1.165) is 18.5 Å². The lowest BCUT2D eigenvalue weighted by molar-refractivity contribution is -0.431. The fraction of sp³-hybridized carbons (Fsp3) is 0.429. The van der Waals surface area contributed by atoms with Crippen LogP contribution in [0.1, 0.15) is 51.6 Å². The van der Waals surface area contributed by atoms with Gasteiger partial charge in [-0.15, -0.1) is 0 Å². The van der Waals surface area contributed by atoms with Crippen molar-refractivity contribution in [2.45, 2.75) is 46.1 Å². The lowest BCUT2D eigenvalue weighted by Gasteiger charge is -2.31. The lowest BCUT2D eigenvalue weighted by atomic mass is 9.82. The highest BCUT2D eigenvalue weighted by Crippen LogP contribution is 2.36. The van der Waals surface area contributed by atoms with Crippen molar-refractivity contribution in [2.24, 2.45) is 11.8 Å². The van der Waals surface area contributed by atoms with Gasteiger partial charge < -0.3 is 5.32 Å². The predicted molar refractivity (Wildman–Crippen MR) is 102 cm³/mol. The first kappa shape index (κ1) is 17.5. The molecule has 0 saturated heterocycles. The monoisotopic (exact) mass is 338 g/mol. The first-order valence-corrected chi connectivity index (χ1v) is 9.10. The second kappa shape index (κ2) is 7.26. The van der Waals surface area contributed by atoms with Gasteiger partial charge in [0.25, 0.3) is 5.70 Å². The smallest absolute Gasteiger partial charge is 0.265 e. The van der Waals surface area contributed by atoms with Crippen LogP contribution in [0.2, 0.25) is 0 Å². The average molecular weight is 338 g/mol. The summed E-state index contributed by atoms with van der Waals surface area (Å²) in [5.41, 5.74) is 2.39. The molecule has 0 radical (unpaired) electrons. The zero-order valence-electron chi connectivity index (χ0n) is 15.2. The van der Waals surface area contributed by atoms with Crippen molar-refractivity contribution in [1.82, 2.24) is 5.32 Å². The Morgan fingerprint density at radius 2 is 1.84 bits per heavy atom. The Hall–Kier alpha value is -2.36. The van der Waals surface area contributed by atoms with Crippen LogP contribution in [0.5, 0.6) is 0 Å². The van der Waals surface area contributed by atoms with E-state index in [1.807, 2.05) is 12.1 Å². The molecule has 132 valence electrons. The van der Waals surface area contributed by atoms with Crippen LogP contribution in [0.3, 0.4) is 0 Å². The number of nitro groups is 1. The molecule has 1 aliphatic carbocycles. The highest BCUT2D eigenvalue weighted by Gasteiger charge is 2.33. The van der Waals surface area contributed by atoms with Crippen LogP contribution in [0.25, 0.3) is 10.8 Å². The standard InChI is InChI=1S/C21H26N2O2/c1-14(2)17-11-7-13-20(23(24)25)21(17)22-15(3)18-12-6-9-16-8-4-5-10-19(16)18/h4-6,8-10,12,14-15,17,22H,7,11,13H2,1-3H3/t15-,17-/m0/s1. The van der Waals surface area contributed by atoms with Crippen LogP contribution >= 0.6 is 0 Å². The minimum Gasteiger partial charge on any atom is -0.376 e. The van der Waals surface area contributed by atoms with E-state index in [1.54, 1.807) is 0 Å². The largest absolute Gasteiger partial charge is 0.376 e. The van der Waals surface area contributed by atoms with Gasteiger partial charge in [0.2, 0.25) is 0 Å². The summed E-state index contributed by atoms with van der Waals surface area (Å²) < 4.78 is 0. The van der Waals surface area contributed by atoms with E-state index in [-0.39, 0.29) is 16.9 Å². The third-order valence-corrected chi connectivity index (χ3v) is 5.30. The van der Waals surface area contributed by atoms with Gasteiger partial charge in [0, 0.05) is 18.4 Å². The minimum absolute atomic E-state index is 0.0235. The molecule has 4 heteroatoms. The summed E-state index contributed by atoms with van der Waals surface area (Å²) in [6, 6.07) is 14.6. The van der Waals surface area contributed by atoms with Gasteiger partial charge in [-0.2, -0.15) is 0 Å². The molecule has 2 aromatic rings. The third-order valence-electron chi connectivity index (χ3n) is 5.30. The molecule has 0 saturated carbocycles.